The zero-order valence-corrected chi connectivity index (χ0v) is 17.4. The molecule has 0 amide bonds. The Kier molecular flexibility index (Phi) is 11.2. The summed E-state index contributed by atoms with van der Waals surface area (Å²) in [5.41, 5.74) is 3.50. The van der Waals surface area contributed by atoms with E-state index in [9.17, 15) is 0 Å². The molecular weight excluding hydrogens is 433 g/mol. The van der Waals surface area contributed by atoms with E-state index >= 15 is 0 Å². The van der Waals surface area contributed by atoms with Crippen LogP contribution < -0.4 is 51.3 Å². The lowest BCUT2D eigenvalue weighted by Gasteiger charge is -2.17. The molecule has 0 unspecified atom stereocenters. The highest BCUT2D eigenvalue weighted by atomic mass is 35.7. The number of halogens is 2. The molecule has 0 saturated carbocycles. The summed E-state index contributed by atoms with van der Waals surface area (Å²) < 4.78 is 72.1. The number of aryl methyl sites for hydroxylation is 1. The summed E-state index contributed by atoms with van der Waals surface area (Å²) in [6.45, 7) is 7.00. The van der Waals surface area contributed by atoms with Crippen LogP contribution in [0.3, 0.4) is 0 Å². The largest absolute Gasteiger partial charge is 0.377 e. The van der Waals surface area contributed by atoms with Crippen LogP contribution in [0.15, 0.2) is 55.6 Å². The first-order valence-electron chi connectivity index (χ1n) is 7.62. The first-order chi connectivity index (χ1) is 13.1. The number of pyridine rings is 2. The molecule has 11 nitrogen and oxygen atoms in total. The Bertz CT molecular complexity index is 721. The molecule has 0 aliphatic carbocycles. The van der Waals surface area contributed by atoms with Gasteiger partial charge >= 0.3 is 0 Å². The number of aromatic nitrogens is 2. The number of nitrogens with zero attached hydrogens (tertiary/aromatic N) is 3. The third kappa shape index (κ3) is 16.7. The molecule has 2 aromatic heterocycles. The molecule has 0 aliphatic heterocycles. The maximum Gasteiger partial charge on any atom is 0.245 e. The number of rotatable bonds is 4. The molecule has 0 bridgehead atoms. The molecule has 0 aromatic carbocycles. The fraction of sp³-hybridized carbons (Fsp3) is 0.250. The van der Waals surface area contributed by atoms with Gasteiger partial charge in [0.1, 0.15) is 0 Å². The smallest absolute Gasteiger partial charge is 0.245 e. The van der Waals surface area contributed by atoms with Gasteiger partial charge in [0.05, 0.1) is 0 Å². The second-order valence-electron chi connectivity index (χ2n) is 5.73. The molecule has 0 spiro atoms. The maximum absolute atomic E-state index is 8.49. The van der Waals surface area contributed by atoms with Crippen molar-refractivity contribution >= 4 is 11.4 Å². The van der Waals surface area contributed by atoms with Crippen molar-refractivity contribution in [1.29, 1.82) is 0 Å². The van der Waals surface area contributed by atoms with Crippen molar-refractivity contribution in [2.75, 3.05) is 19.0 Å². The summed E-state index contributed by atoms with van der Waals surface area (Å²) in [6, 6.07) is 8.39. The minimum atomic E-state index is -4.94. The van der Waals surface area contributed by atoms with E-state index in [2.05, 4.69) is 64.2 Å². The molecule has 0 radical (unpaired) electrons. The number of hydrogen-bond donors (Lipinski definition) is 0. The van der Waals surface area contributed by atoms with Crippen molar-refractivity contribution in [3.05, 3.63) is 61.2 Å². The molecule has 0 N–H and O–H groups in total. The molecular formula is C16H21Cl2N3O8. The van der Waals surface area contributed by atoms with Crippen molar-refractivity contribution in [2.24, 2.45) is 0 Å². The average molecular weight is 454 g/mol. The van der Waals surface area contributed by atoms with Gasteiger partial charge in [-0.2, -0.15) is 9.13 Å². The van der Waals surface area contributed by atoms with Crippen LogP contribution in [0.5, 0.6) is 0 Å². The number of hydrogen-bond acceptors (Lipinski definition) is 9. The van der Waals surface area contributed by atoms with Crippen LogP contribution >= 0.6 is 0 Å². The quantitative estimate of drug-likeness (QED) is 0.403. The minimum Gasteiger partial charge on any atom is -0.377 e. The number of allylic oxidation sites excluding steroid dienone is 1. The van der Waals surface area contributed by atoms with Crippen LogP contribution in [0.1, 0.15) is 5.56 Å². The van der Waals surface area contributed by atoms with Crippen LogP contribution in [-0.4, -0.2) is 14.1 Å². The molecule has 0 aliphatic rings. The molecule has 2 heterocycles. The SMILES string of the molecule is C=C(C[n+]1ccc(N(C)C)cc1)[n+]1ccc(C)cc1.[O-][Cl+3]([O-])([O-])[O-].[O-][Cl+3]([O-])([O-])[O-]. The van der Waals surface area contributed by atoms with E-state index in [-0.39, 0.29) is 0 Å². The van der Waals surface area contributed by atoms with Crippen molar-refractivity contribution in [1.82, 2.24) is 0 Å². The molecule has 2 aromatic rings. The highest BCUT2D eigenvalue weighted by molar-refractivity contribution is 5.41. The molecule has 162 valence electrons. The van der Waals surface area contributed by atoms with Gasteiger partial charge in [-0.15, -0.1) is 20.5 Å². The standard InChI is InChI=1S/C16H21N3.2ClHO4/c1-14-5-11-19(12-6-14)15(2)13-18-9-7-16(8-10-18)17(3)4;2*2-1(3,4)5/h5-12H,2,13H2,1,3-4H3;2*(H,2,3,4,5)/q+2;;/p-2. The van der Waals surface area contributed by atoms with Gasteiger partial charge in [-0.05, 0) is 19.1 Å². The lowest BCUT2D eigenvalue weighted by molar-refractivity contribution is -2.00. The summed E-state index contributed by atoms with van der Waals surface area (Å²) in [6.07, 6.45) is 8.25. The Labute approximate surface area is 172 Å². The highest BCUT2D eigenvalue weighted by Gasteiger charge is 2.12. The van der Waals surface area contributed by atoms with Gasteiger partial charge in [0.15, 0.2) is 24.8 Å². The Morgan fingerprint density at radius 2 is 1.21 bits per heavy atom. The predicted molar refractivity (Wildman–Crippen MR) is 77.7 cm³/mol. The molecule has 13 heteroatoms. The molecule has 0 atom stereocenters. The summed E-state index contributed by atoms with van der Waals surface area (Å²) >= 11 is 0. The summed E-state index contributed by atoms with van der Waals surface area (Å²) in [7, 11) is -5.80. The normalized spacial score (nSPS) is 10.9. The molecule has 0 fully saturated rings. The minimum absolute atomic E-state index is 0.779. The van der Waals surface area contributed by atoms with Crippen molar-refractivity contribution < 1.29 is 66.9 Å². The Hall–Kier alpha value is -1.90. The van der Waals surface area contributed by atoms with Crippen molar-refractivity contribution in [3.8, 4) is 0 Å². The van der Waals surface area contributed by atoms with Gasteiger partial charge in [-0.1, -0.05) is 0 Å². The fourth-order valence-corrected chi connectivity index (χ4v) is 1.86. The van der Waals surface area contributed by atoms with Gasteiger partial charge < -0.3 is 4.90 Å². The molecule has 29 heavy (non-hydrogen) atoms. The first-order valence-corrected chi connectivity index (χ1v) is 10.1. The third-order valence-electron chi connectivity index (χ3n) is 3.12. The fourth-order valence-electron chi connectivity index (χ4n) is 1.86. The van der Waals surface area contributed by atoms with Gasteiger partial charge in [-0.3, -0.25) is 0 Å². The van der Waals surface area contributed by atoms with Gasteiger partial charge in [0.2, 0.25) is 12.2 Å². The summed E-state index contributed by atoms with van der Waals surface area (Å²) in [5.74, 6) is 0. The van der Waals surface area contributed by atoms with E-state index in [1.54, 1.807) is 0 Å². The lowest BCUT2D eigenvalue weighted by Crippen LogP contribution is -2.68. The van der Waals surface area contributed by atoms with Crippen LogP contribution in [0.25, 0.3) is 5.70 Å². The number of anilines is 1. The zero-order valence-electron chi connectivity index (χ0n) is 15.9. The predicted octanol–water partition coefficient (Wildman–Crippen LogP) is -7.71. The summed E-state index contributed by atoms with van der Waals surface area (Å²) in [4.78, 5) is 2.09. The second-order valence-corrected chi connectivity index (χ2v) is 7.24. The monoisotopic (exact) mass is 453 g/mol. The zero-order chi connectivity index (χ0) is 22.8. The van der Waals surface area contributed by atoms with Crippen LogP contribution in [0.4, 0.5) is 5.69 Å². The maximum atomic E-state index is 8.49. The van der Waals surface area contributed by atoms with E-state index in [0.29, 0.717) is 0 Å². The first kappa shape index (κ1) is 27.1. The van der Waals surface area contributed by atoms with E-state index in [4.69, 9.17) is 37.3 Å². The van der Waals surface area contributed by atoms with Gasteiger partial charge in [0, 0.05) is 44.0 Å². The van der Waals surface area contributed by atoms with E-state index in [1.165, 1.54) is 11.3 Å². The van der Waals surface area contributed by atoms with Crippen LogP contribution in [-0.2, 0) is 6.54 Å². The average Bonchev–Trinajstić information content (AvgIpc) is 2.52. The van der Waals surface area contributed by atoms with Crippen molar-refractivity contribution in [3.63, 3.8) is 0 Å². The Morgan fingerprint density at radius 3 is 1.55 bits per heavy atom. The Balaban J connectivity index is 0.000000653. The topological polar surface area (TPSA) is 195 Å². The lowest BCUT2D eigenvalue weighted by atomic mass is 10.3. The third-order valence-corrected chi connectivity index (χ3v) is 3.12. The molecule has 2 rings (SSSR count). The van der Waals surface area contributed by atoms with E-state index in [1.807, 2.05) is 26.5 Å². The second kappa shape index (κ2) is 11.9. The van der Waals surface area contributed by atoms with Crippen LogP contribution in [0, 0.1) is 27.4 Å². The molecule has 0 saturated heterocycles. The highest BCUT2D eigenvalue weighted by Crippen LogP contribution is 2.06. The van der Waals surface area contributed by atoms with Crippen molar-refractivity contribution in [2.45, 2.75) is 13.5 Å². The van der Waals surface area contributed by atoms with E-state index < -0.39 is 20.5 Å². The summed E-state index contributed by atoms with van der Waals surface area (Å²) in [5, 5.41) is 0. The Morgan fingerprint density at radius 1 is 0.828 bits per heavy atom. The van der Waals surface area contributed by atoms with Crippen LogP contribution in [0.2, 0.25) is 0 Å². The van der Waals surface area contributed by atoms with E-state index in [0.717, 1.165) is 12.2 Å². The van der Waals surface area contributed by atoms with Gasteiger partial charge in [-0.25, -0.2) is 37.3 Å². The van der Waals surface area contributed by atoms with Gasteiger partial charge in [0.25, 0.3) is 0 Å².